The summed E-state index contributed by atoms with van der Waals surface area (Å²) in [5, 5.41) is 10.8. The average molecular weight is 529 g/mol. The molecule has 1 N–H and O–H groups in total. The summed E-state index contributed by atoms with van der Waals surface area (Å²) < 4.78 is 44.4. The fraction of sp³-hybridized carbons (Fsp3) is 0.250. The molecule has 0 spiro atoms. The van der Waals surface area contributed by atoms with Gasteiger partial charge in [-0.05, 0) is 61.9 Å². The Bertz CT molecular complexity index is 1360. The zero-order valence-corrected chi connectivity index (χ0v) is 21.4. The topological polar surface area (TPSA) is 140 Å². The number of methoxy groups -OCH3 is 1. The van der Waals surface area contributed by atoms with E-state index in [1.54, 1.807) is 55.6 Å². The van der Waals surface area contributed by atoms with E-state index in [9.17, 15) is 18.5 Å². The molecule has 0 aliphatic heterocycles. The van der Waals surface area contributed by atoms with E-state index in [2.05, 4.69) is 14.7 Å². The number of nitrogens with one attached hydrogen (secondary N) is 1. The predicted octanol–water partition coefficient (Wildman–Crippen LogP) is 3.73. The number of amides is 1. The normalized spacial score (nSPS) is 11.6. The van der Waals surface area contributed by atoms with E-state index in [-0.39, 0.29) is 15.9 Å². The van der Waals surface area contributed by atoms with Gasteiger partial charge in [0.15, 0.2) is 0 Å². The van der Waals surface area contributed by atoms with Crippen molar-refractivity contribution in [2.24, 2.45) is 0 Å². The highest BCUT2D eigenvalue weighted by molar-refractivity contribution is 7.91. The molecule has 3 aromatic rings. The largest absolute Gasteiger partial charge is 0.497 e. The smallest absolute Gasteiger partial charge is 0.268 e. The first-order chi connectivity index (χ1) is 17.2. The molecule has 0 aliphatic rings. The minimum atomic E-state index is -3.66. The molecule has 0 saturated carbocycles. The van der Waals surface area contributed by atoms with Crippen molar-refractivity contribution in [1.82, 2.24) is 9.36 Å². The van der Waals surface area contributed by atoms with Gasteiger partial charge < -0.3 is 14.2 Å². The lowest BCUT2D eigenvalue weighted by Crippen LogP contribution is -2.16. The number of rotatable bonds is 11. The van der Waals surface area contributed by atoms with Crippen LogP contribution in [0.3, 0.4) is 0 Å². The molecule has 0 bridgehead atoms. The Morgan fingerprint density at radius 1 is 1.06 bits per heavy atom. The van der Waals surface area contributed by atoms with Crippen LogP contribution < -0.4 is 19.5 Å². The third kappa shape index (κ3) is 7.03. The van der Waals surface area contributed by atoms with Gasteiger partial charge in [0.25, 0.3) is 11.1 Å². The first kappa shape index (κ1) is 26.7. The van der Waals surface area contributed by atoms with Gasteiger partial charge in [-0.1, -0.05) is 12.1 Å². The van der Waals surface area contributed by atoms with Crippen LogP contribution in [-0.2, 0) is 14.6 Å². The van der Waals surface area contributed by atoms with Crippen LogP contribution in [0.2, 0.25) is 0 Å². The Kier molecular flexibility index (Phi) is 8.99. The lowest BCUT2D eigenvalue weighted by Gasteiger charge is -2.09. The molecule has 36 heavy (non-hydrogen) atoms. The SMILES string of the molecule is COc1ccc(OCCOc2ccc(/C=C(/C#N)C(=O)Nc3nc(S(=O)(=O)C(C)C)ns3)cc2)cc1. The number of benzene rings is 2. The highest BCUT2D eigenvalue weighted by atomic mass is 32.2. The van der Waals surface area contributed by atoms with Crippen LogP contribution in [0.25, 0.3) is 6.08 Å². The van der Waals surface area contributed by atoms with E-state index in [1.165, 1.54) is 19.9 Å². The highest BCUT2D eigenvalue weighted by Gasteiger charge is 2.25. The minimum absolute atomic E-state index is 0.0130. The van der Waals surface area contributed by atoms with Gasteiger partial charge in [0.1, 0.15) is 42.1 Å². The molecule has 3 rings (SSSR count). The lowest BCUT2D eigenvalue weighted by molar-refractivity contribution is -0.112. The van der Waals surface area contributed by atoms with Crippen molar-refractivity contribution >= 4 is 38.5 Å². The number of hydrogen-bond acceptors (Lipinski definition) is 10. The van der Waals surface area contributed by atoms with Crippen molar-refractivity contribution in [3.63, 3.8) is 0 Å². The molecule has 0 saturated heterocycles. The molecule has 0 fully saturated rings. The minimum Gasteiger partial charge on any atom is -0.497 e. The predicted molar refractivity (Wildman–Crippen MR) is 135 cm³/mol. The maximum absolute atomic E-state index is 12.5. The number of hydrogen-bond donors (Lipinski definition) is 1. The van der Waals surface area contributed by atoms with Gasteiger partial charge in [-0.3, -0.25) is 10.1 Å². The van der Waals surface area contributed by atoms with E-state index < -0.39 is 21.0 Å². The summed E-state index contributed by atoms with van der Waals surface area (Å²) in [7, 11) is -2.07. The molecular formula is C24H24N4O6S2. The van der Waals surface area contributed by atoms with E-state index in [4.69, 9.17) is 14.2 Å². The number of anilines is 1. The van der Waals surface area contributed by atoms with E-state index in [0.29, 0.717) is 30.3 Å². The summed E-state index contributed by atoms with van der Waals surface area (Å²) in [5.41, 5.74) is 0.420. The molecular weight excluding hydrogens is 504 g/mol. The molecule has 0 radical (unpaired) electrons. The number of aromatic nitrogens is 2. The Balaban J connectivity index is 1.54. The first-order valence-corrected chi connectivity index (χ1v) is 13.1. The van der Waals surface area contributed by atoms with E-state index in [0.717, 1.165) is 17.3 Å². The fourth-order valence-corrected chi connectivity index (χ4v) is 4.41. The van der Waals surface area contributed by atoms with Crippen LogP contribution in [-0.4, -0.2) is 49.3 Å². The molecule has 2 aromatic carbocycles. The first-order valence-electron chi connectivity index (χ1n) is 10.7. The second-order valence-corrected chi connectivity index (χ2v) is 10.7. The second-order valence-electron chi connectivity index (χ2n) is 7.54. The Morgan fingerprint density at radius 3 is 2.14 bits per heavy atom. The molecule has 10 nitrogen and oxygen atoms in total. The summed E-state index contributed by atoms with van der Waals surface area (Å²) in [5.74, 6) is 1.32. The monoisotopic (exact) mass is 528 g/mol. The Labute approximate surface area is 213 Å². The molecule has 1 amide bonds. The third-order valence-corrected chi connectivity index (χ3v) is 7.42. The van der Waals surface area contributed by atoms with Gasteiger partial charge in [-0.2, -0.15) is 14.6 Å². The van der Waals surface area contributed by atoms with Crippen LogP contribution in [0.5, 0.6) is 17.2 Å². The van der Waals surface area contributed by atoms with Crippen molar-refractivity contribution in [2.75, 3.05) is 25.6 Å². The Hall–Kier alpha value is -3.95. The quantitative estimate of drug-likeness (QED) is 0.224. The van der Waals surface area contributed by atoms with Gasteiger partial charge in [-0.25, -0.2) is 8.42 Å². The molecule has 1 aromatic heterocycles. The molecule has 12 heteroatoms. The van der Waals surface area contributed by atoms with Crippen molar-refractivity contribution in [1.29, 1.82) is 5.26 Å². The van der Waals surface area contributed by atoms with Crippen LogP contribution in [0, 0.1) is 11.3 Å². The van der Waals surface area contributed by atoms with Crippen LogP contribution in [0.4, 0.5) is 5.13 Å². The standard InChI is InChI=1S/C24H24N4O6S2/c1-16(2)36(30,31)24-27-23(35-28-24)26-22(29)18(15-25)14-17-4-6-20(7-5-17)33-12-13-34-21-10-8-19(32-3)9-11-21/h4-11,14,16H,12-13H2,1-3H3,(H,26,27,28,29)/b18-14-. The van der Waals surface area contributed by atoms with Gasteiger partial charge in [0.05, 0.1) is 12.4 Å². The van der Waals surface area contributed by atoms with Crippen molar-refractivity contribution < 1.29 is 27.4 Å². The van der Waals surface area contributed by atoms with Crippen molar-refractivity contribution in [3.05, 3.63) is 59.7 Å². The maximum Gasteiger partial charge on any atom is 0.268 e. The highest BCUT2D eigenvalue weighted by Crippen LogP contribution is 2.20. The van der Waals surface area contributed by atoms with E-state index >= 15 is 0 Å². The summed E-state index contributed by atoms with van der Waals surface area (Å²) in [6.45, 7) is 3.69. The lowest BCUT2D eigenvalue weighted by atomic mass is 10.1. The molecule has 188 valence electrons. The Morgan fingerprint density at radius 2 is 1.61 bits per heavy atom. The summed E-state index contributed by atoms with van der Waals surface area (Å²) >= 11 is 0.727. The number of carbonyl (C=O) groups excluding carboxylic acids is 1. The molecule has 1 heterocycles. The molecule has 0 atom stereocenters. The number of nitriles is 1. The van der Waals surface area contributed by atoms with E-state index in [1.807, 2.05) is 6.07 Å². The van der Waals surface area contributed by atoms with Gasteiger partial charge in [0.2, 0.25) is 15.0 Å². The van der Waals surface area contributed by atoms with Crippen LogP contribution in [0.15, 0.2) is 59.3 Å². The zero-order chi connectivity index (χ0) is 26.1. The van der Waals surface area contributed by atoms with Gasteiger partial charge in [-0.15, -0.1) is 0 Å². The zero-order valence-electron chi connectivity index (χ0n) is 19.8. The van der Waals surface area contributed by atoms with Crippen molar-refractivity contribution in [2.45, 2.75) is 24.3 Å². The number of ether oxygens (including phenoxy) is 3. The van der Waals surface area contributed by atoms with Gasteiger partial charge in [0, 0.05) is 11.5 Å². The summed E-state index contributed by atoms with van der Waals surface area (Å²) in [4.78, 5) is 16.3. The summed E-state index contributed by atoms with van der Waals surface area (Å²) in [6, 6.07) is 15.9. The van der Waals surface area contributed by atoms with Crippen LogP contribution >= 0.6 is 11.5 Å². The third-order valence-electron chi connectivity index (χ3n) is 4.74. The van der Waals surface area contributed by atoms with Crippen molar-refractivity contribution in [3.8, 4) is 23.3 Å². The molecule has 0 unspecified atom stereocenters. The summed E-state index contributed by atoms with van der Waals surface area (Å²) in [6.07, 6.45) is 1.40. The van der Waals surface area contributed by atoms with Gasteiger partial charge >= 0.3 is 0 Å². The average Bonchev–Trinajstić information content (AvgIpc) is 3.35. The van der Waals surface area contributed by atoms with Crippen LogP contribution in [0.1, 0.15) is 19.4 Å². The maximum atomic E-state index is 12.5. The second kappa shape index (κ2) is 12.1. The molecule has 0 aliphatic carbocycles. The number of sulfone groups is 1. The number of nitrogens with zero attached hydrogens (tertiary/aromatic N) is 3. The fourth-order valence-electron chi connectivity index (χ4n) is 2.72. The number of carbonyl (C=O) groups is 1.